The number of piperidine rings is 4. The number of hydrogen-bond donors (Lipinski definition) is 5. The highest BCUT2D eigenvalue weighted by atomic mass is 79.9. The van der Waals surface area contributed by atoms with Crippen LogP contribution in [0.5, 0.6) is 74.7 Å². The highest BCUT2D eigenvalue weighted by molar-refractivity contribution is 9.69. The Morgan fingerprint density at radius 1 is 0.421 bits per heavy atom. The lowest BCUT2D eigenvalue weighted by Gasteiger charge is -2.35. The standard InChI is InChI=1S/C23H23BrClNO5.C23H24ClNO5.C16H22BrNO5.C15H22BrNO4.C9H11BrO3.C8H7ClO2.BBr3/c1-26-9-8-13(16(28)11-26)18-21-19(23(30-3)20(24)22(18)29-2)15(27)10-17(31-21)12-6-4-5-7-14(12)25;1-25-9-8-14(17(27)12-25)21-19(28-2)11-20(29-3)22-16(26)10-18(30-23(21)22)13-6-4-5-7-15(13)24;1-8(19)11-14(21)12(9-5-6-18(2)7-10(9)20)16(23-4)13(17)15(11)22-3;1-17-6-5-9(10(18)8-17)13-11(19-2)7-12(20-3)14(16)15(13)21-4;1-11-6-4-7(12-2)9(10)8(5-6)13-3;1-11-8(10)6-4-2-3-5-7(6)9;2-1(3)4/h4-7,10,13,16,28H,8-9,11H2,1-3H3;4-7,10-11,14,17,27H,8-9,12H2,1-3H3;9-10,20-21H,5-7H2,1-4H3;7,9-10,18H,5-6,8H2,1-4H3;4-5H,1-3H3;2-5H,1H3;/i;11D;;;;;. The van der Waals surface area contributed by atoms with E-state index in [1.54, 1.807) is 123 Å². The number of hydrogen-bond acceptors (Lipinski definition) is 28. The summed E-state index contributed by atoms with van der Waals surface area (Å²) in [5, 5.41) is 55.2. The Labute approximate surface area is 848 Å². The van der Waals surface area contributed by atoms with Crippen molar-refractivity contribution in [3.8, 4) is 97.4 Å². The number of fused-ring (bicyclic) bond motifs is 2. The number of methoxy groups -OCH3 is 13. The number of β-amino-alcohol motifs (C(OH)–C–C–N with tert-alkyl or cyclic N) is 4. The number of benzene rings is 8. The van der Waals surface area contributed by atoms with E-state index in [9.17, 15) is 44.7 Å². The molecule has 5 N–H and O–H groups in total. The van der Waals surface area contributed by atoms with E-state index in [2.05, 4.69) is 126 Å². The number of phenolic OH excluding ortho intramolecular Hbond substituents is 1. The van der Waals surface area contributed by atoms with Gasteiger partial charge in [0, 0.05) is 120 Å². The minimum Gasteiger partial charge on any atom is -0.507 e. The number of esters is 1. The van der Waals surface area contributed by atoms with Gasteiger partial charge in [0.25, 0.3) is 0 Å². The molecule has 8 aromatic carbocycles. The molecule has 2 aromatic heterocycles. The maximum atomic E-state index is 13.3. The van der Waals surface area contributed by atoms with E-state index in [4.69, 9.17) is 102 Å². The van der Waals surface area contributed by atoms with Crippen molar-refractivity contribution < 1.29 is 107 Å². The highest BCUT2D eigenvalue weighted by Gasteiger charge is 2.40. The van der Waals surface area contributed by atoms with Crippen LogP contribution in [0.3, 0.4) is 0 Å². The van der Waals surface area contributed by atoms with E-state index in [-0.39, 0.29) is 89.1 Å². The van der Waals surface area contributed by atoms with Gasteiger partial charge >= 0.3 is 9.15 Å². The third-order valence-electron chi connectivity index (χ3n) is 22.6. The summed E-state index contributed by atoms with van der Waals surface area (Å²) in [6.07, 6.45) is 0.335. The lowest BCUT2D eigenvalue weighted by atomic mass is 9.84. The van der Waals surface area contributed by atoms with E-state index >= 15 is 0 Å². The van der Waals surface area contributed by atoms with Crippen molar-refractivity contribution in [3.05, 3.63) is 196 Å². The minimum atomic E-state index is -0.710. The molecule has 133 heavy (non-hydrogen) atoms. The average Bonchev–Trinajstić information content (AvgIpc) is 0.734. The van der Waals surface area contributed by atoms with Crippen LogP contribution in [0.2, 0.25) is 15.1 Å². The van der Waals surface area contributed by atoms with Gasteiger partial charge in [-0.3, -0.25) is 14.4 Å². The van der Waals surface area contributed by atoms with E-state index in [1.165, 1.54) is 61.7 Å². The number of ether oxygens (including phenoxy) is 13. The Kier molecular flexibility index (Phi) is 43.1. The van der Waals surface area contributed by atoms with E-state index in [0.29, 0.717) is 177 Å². The zero-order valence-corrected chi connectivity index (χ0v) is 89.9. The van der Waals surface area contributed by atoms with Gasteiger partial charge < -0.3 is 116 Å². The van der Waals surface area contributed by atoms with Crippen molar-refractivity contribution in [2.24, 2.45) is 0 Å². The lowest BCUT2D eigenvalue weighted by Crippen LogP contribution is -2.40. The van der Waals surface area contributed by atoms with Gasteiger partial charge in [0.15, 0.2) is 28.1 Å². The predicted octanol–water partition coefficient (Wildman–Crippen LogP) is 19.8. The molecular formula is C94H109BBr7Cl3N4O24. The predicted molar refractivity (Wildman–Crippen MR) is 545 cm³/mol. The number of likely N-dealkylation sites (tertiary alicyclic amines) is 4. The van der Waals surface area contributed by atoms with E-state index < -0.39 is 30.4 Å². The molecule has 14 rings (SSSR count). The number of likely N-dealkylation sites (N-methyl/N-ethyl adjacent to an activating group) is 4. The van der Waals surface area contributed by atoms with Gasteiger partial charge in [-0.25, -0.2) is 4.79 Å². The van der Waals surface area contributed by atoms with Gasteiger partial charge in [-0.15, -0.1) is 47.3 Å². The molecule has 8 atom stereocenters. The van der Waals surface area contributed by atoms with Gasteiger partial charge in [-0.05, 0) is 187 Å². The van der Waals surface area contributed by atoms with Gasteiger partial charge in [0.2, 0.25) is 0 Å². The van der Waals surface area contributed by atoms with Crippen molar-refractivity contribution in [1.29, 1.82) is 0 Å². The summed E-state index contributed by atoms with van der Waals surface area (Å²) >= 11 is 41.5. The van der Waals surface area contributed by atoms with Crippen LogP contribution in [0, 0.1) is 0 Å². The normalized spacial score (nSPS) is 18.5. The molecule has 28 nitrogen and oxygen atoms in total. The maximum absolute atomic E-state index is 13.3. The second-order valence-corrected chi connectivity index (χ2v) is 41.6. The maximum Gasteiger partial charge on any atom is 0.369 e. The third-order valence-corrected chi connectivity index (χ3v) is 26.5. The molecule has 0 spiro atoms. The van der Waals surface area contributed by atoms with Crippen LogP contribution in [0.25, 0.3) is 44.6 Å². The largest absolute Gasteiger partial charge is 0.507 e. The number of aromatic hydroxyl groups is 1. The molecule has 4 fully saturated rings. The Morgan fingerprint density at radius 2 is 0.774 bits per heavy atom. The van der Waals surface area contributed by atoms with Crippen LogP contribution in [0.1, 0.15) is 101 Å². The highest BCUT2D eigenvalue weighted by Crippen LogP contribution is 2.54. The number of aliphatic hydroxyl groups is 4. The fraction of sp³-hybridized carbons (Fsp3) is 0.404. The number of phenols is 1. The third kappa shape index (κ3) is 27.0. The monoisotopic (exact) mass is 2350 g/mol. The second kappa shape index (κ2) is 52.5. The molecule has 10 aromatic rings. The molecule has 39 heteroatoms. The number of carbonyl (C=O) groups excluding carboxylic acids is 2. The Morgan fingerprint density at radius 3 is 1.16 bits per heavy atom. The fourth-order valence-electron chi connectivity index (χ4n) is 16.2. The Bertz CT molecular complexity index is 5640. The molecule has 8 unspecified atom stereocenters. The van der Waals surface area contributed by atoms with E-state index in [1.807, 2.05) is 56.2 Å². The summed E-state index contributed by atoms with van der Waals surface area (Å²) in [7, 11) is 27.6. The van der Waals surface area contributed by atoms with Crippen LogP contribution in [0.15, 0.2) is 145 Å². The molecule has 0 radical (unpaired) electrons. The van der Waals surface area contributed by atoms with Crippen molar-refractivity contribution in [2.45, 2.75) is 80.7 Å². The first-order chi connectivity index (χ1) is 63.8. The van der Waals surface area contributed by atoms with Gasteiger partial charge in [-0.1, -0.05) is 71.2 Å². The fourth-order valence-corrected chi connectivity index (χ4v) is 19.5. The molecule has 6 heterocycles. The quantitative estimate of drug-likeness (QED) is 0.0269. The van der Waals surface area contributed by atoms with Crippen molar-refractivity contribution in [3.63, 3.8) is 0 Å². The molecule has 4 aliphatic heterocycles. The summed E-state index contributed by atoms with van der Waals surface area (Å²) in [5.74, 6) is 4.60. The SMILES string of the molecule is BrB(Br)Br.COC(=O)c1ccccc1Cl.COc1c(Br)c(OC)c(C2CCN(C)CC2O)c(O)c1C(C)=O.COc1c(Br)c(OC)c2c(=O)cc(-c3ccccc3Cl)oc2c1C1CCN(C)CC1O.COc1cc(OC)c(Br)c(OC)c1.COc1cc(OC)c(C2CCN(C)CC2O)c(OC)c1Br.[2H]c1c(OC)c(C2CCN(C)CC2O)c2oc(-c3ccccc3Cl)cc(=O)c2c1OC. The zero-order valence-electron chi connectivity index (χ0n) is 77.6. The number of carbonyl (C=O) groups is 2. The van der Waals surface area contributed by atoms with Crippen LogP contribution in [0.4, 0.5) is 0 Å². The first-order valence-corrected chi connectivity index (χ1v) is 48.3. The number of aliphatic hydroxyl groups excluding tert-OH is 4. The summed E-state index contributed by atoms with van der Waals surface area (Å²) in [6, 6.07) is 29.1. The van der Waals surface area contributed by atoms with Gasteiger partial charge in [-0.2, -0.15) is 0 Å². The number of halogens is 10. The summed E-state index contributed by atoms with van der Waals surface area (Å²) in [6.45, 7) is 6.72. The molecule has 4 aliphatic rings. The number of nitrogens with zero attached hydrogens (tertiary/aromatic N) is 4. The van der Waals surface area contributed by atoms with Crippen molar-refractivity contribution in [1.82, 2.24) is 19.6 Å². The molecule has 0 saturated carbocycles. The lowest BCUT2D eigenvalue weighted by molar-refractivity contribution is 0.0599. The van der Waals surface area contributed by atoms with Crippen molar-refractivity contribution in [2.75, 3.05) is 173 Å². The first kappa shape index (κ1) is 109. The Hall–Kier alpha value is -7.31. The van der Waals surface area contributed by atoms with Gasteiger partial charge in [0.05, 0.1) is 139 Å². The van der Waals surface area contributed by atoms with Crippen LogP contribution in [-0.2, 0) is 4.74 Å². The smallest absolute Gasteiger partial charge is 0.369 e. The number of ketones is 1. The topological polar surface area (TPSA) is 329 Å². The second-order valence-electron chi connectivity index (χ2n) is 30.8. The van der Waals surface area contributed by atoms with Crippen LogP contribution < -0.4 is 67.7 Å². The van der Waals surface area contributed by atoms with Crippen LogP contribution in [-0.4, -0.2) is 257 Å². The number of Topliss-reactive ketones (excluding diaryl/α,β-unsaturated/α-hetero) is 1. The zero-order chi connectivity index (χ0) is 99.1. The summed E-state index contributed by atoms with van der Waals surface area (Å²) < 4.78 is 93.2. The molecule has 0 amide bonds. The van der Waals surface area contributed by atoms with Gasteiger partial charge in [0.1, 0.15) is 120 Å². The van der Waals surface area contributed by atoms with Crippen LogP contribution >= 0.6 is 146 Å². The first-order valence-electron chi connectivity index (χ1n) is 41.8. The minimum absolute atomic E-state index is 0.0201. The summed E-state index contributed by atoms with van der Waals surface area (Å²) in [4.78, 5) is 57.6. The summed E-state index contributed by atoms with van der Waals surface area (Å²) in [5.41, 5.74) is 4.16. The Balaban J connectivity index is 0.000000202. The molecule has 0 aliphatic carbocycles. The molecule has 0 bridgehead atoms. The van der Waals surface area contributed by atoms with E-state index in [0.717, 1.165) is 47.1 Å². The van der Waals surface area contributed by atoms with Crippen molar-refractivity contribution >= 4 is 183 Å². The molecular weight excluding hydrogens is 2250 g/mol. The average molecular weight is 2360 g/mol. The number of rotatable bonds is 20. The molecule has 4 saturated heterocycles. The molecule has 722 valence electrons.